The lowest BCUT2D eigenvalue weighted by molar-refractivity contribution is -0.132. The fourth-order valence-corrected chi connectivity index (χ4v) is 2.38. The number of ketones is 1. The summed E-state index contributed by atoms with van der Waals surface area (Å²) in [7, 11) is 0. The summed E-state index contributed by atoms with van der Waals surface area (Å²) >= 11 is 0. The molecule has 28 heavy (non-hydrogen) atoms. The summed E-state index contributed by atoms with van der Waals surface area (Å²) in [6.45, 7) is 3.45. The number of Topliss-reactive ketones (excluding diaryl/α,β-unsaturated/α-hetero) is 1. The number of amides is 2. The zero-order valence-electron chi connectivity index (χ0n) is 15.8. The molecule has 2 amide bonds. The Bertz CT molecular complexity index is 837. The average Bonchev–Trinajstić information content (AvgIpc) is 2.71. The van der Waals surface area contributed by atoms with Crippen LogP contribution in [0.5, 0.6) is 5.75 Å². The number of para-hydroxylation sites is 1. The normalized spacial score (nSPS) is 11.4. The van der Waals surface area contributed by atoms with Crippen LogP contribution in [-0.4, -0.2) is 23.7 Å². The molecular formula is C21H23FN2O4. The number of rotatable bonds is 8. The predicted molar refractivity (Wildman–Crippen MR) is 102 cm³/mol. The molecule has 0 bridgehead atoms. The van der Waals surface area contributed by atoms with Crippen LogP contribution >= 0.6 is 0 Å². The van der Waals surface area contributed by atoms with Crippen molar-refractivity contribution in [2.24, 2.45) is 0 Å². The molecule has 1 unspecified atom stereocenters. The highest BCUT2D eigenvalue weighted by molar-refractivity contribution is 5.98. The molecule has 0 fully saturated rings. The molecule has 0 saturated carbocycles. The second-order valence-electron chi connectivity index (χ2n) is 6.20. The largest absolute Gasteiger partial charge is 0.478 e. The SMILES string of the molecule is CCc1ccc(C(=O)CCC(=O)NNC(=O)C(C)Oc2ccccc2F)cc1. The van der Waals surface area contributed by atoms with Crippen molar-refractivity contribution in [3.05, 3.63) is 65.5 Å². The van der Waals surface area contributed by atoms with Crippen LogP contribution < -0.4 is 15.6 Å². The molecule has 0 aliphatic carbocycles. The Kier molecular flexibility index (Phi) is 7.68. The quantitative estimate of drug-likeness (QED) is 0.540. The van der Waals surface area contributed by atoms with Gasteiger partial charge < -0.3 is 4.74 Å². The number of carbonyl (C=O) groups is 3. The van der Waals surface area contributed by atoms with Gasteiger partial charge in [0.05, 0.1) is 0 Å². The molecule has 7 heteroatoms. The average molecular weight is 386 g/mol. The van der Waals surface area contributed by atoms with Crippen LogP contribution in [0.15, 0.2) is 48.5 Å². The first-order valence-corrected chi connectivity index (χ1v) is 9.02. The first kappa shape index (κ1) is 21.1. The van der Waals surface area contributed by atoms with Crippen LogP contribution in [0, 0.1) is 5.82 Å². The van der Waals surface area contributed by atoms with E-state index < -0.39 is 23.7 Å². The Labute approximate surface area is 163 Å². The fourth-order valence-electron chi connectivity index (χ4n) is 2.38. The second-order valence-corrected chi connectivity index (χ2v) is 6.20. The third-order valence-electron chi connectivity index (χ3n) is 4.10. The van der Waals surface area contributed by atoms with Crippen molar-refractivity contribution >= 4 is 17.6 Å². The van der Waals surface area contributed by atoms with E-state index in [2.05, 4.69) is 10.9 Å². The van der Waals surface area contributed by atoms with Crippen molar-refractivity contribution in [2.45, 2.75) is 39.2 Å². The van der Waals surface area contributed by atoms with Crippen molar-refractivity contribution in [1.82, 2.24) is 10.9 Å². The van der Waals surface area contributed by atoms with Crippen LogP contribution in [-0.2, 0) is 16.0 Å². The standard InChI is InChI=1S/C21H23FN2O4/c1-3-15-8-10-16(11-9-15)18(25)12-13-20(26)23-24-21(27)14(2)28-19-7-5-4-6-17(19)22/h4-11,14H,3,12-13H2,1-2H3,(H,23,26)(H,24,27). The van der Waals surface area contributed by atoms with Gasteiger partial charge in [-0.15, -0.1) is 0 Å². The minimum atomic E-state index is -1.02. The van der Waals surface area contributed by atoms with E-state index in [1.54, 1.807) is 18.2 Å². The lowest BCUT2D eigenvalue weighted by Crippen LogP contribution is -2.47. The lowest BCUT2D eigenvalue weighted by Gasteiger charge is -2.15. The Morgan fingerprint density at radius 3 is 2.32 bits per heavy atom. The third kappa shape index (κ3) is 6.19. The minimum absolute atomic E-state index is 0.0223. The van der Waals surface area contributed by atoms with E-state index >= 15 is 0 Å². The van der Waals surface area contributed by atoms with Crippen LogP contribution in [0.1, 0.15) is 42.6 Å². The van der Waals surface area contributed by atoms with Crippen molar-refractivity contribution in [1.29, 1.82) is 0 Å². The van der Waals surface area contributed by atoms with E-state index in [0.29, 0.717) is 5.56 Å². The molecule has 0 aromatic heterocycles. The Morgan fingerprint density at radius 1 is 1.00 bits per heavy atom. The monoisotopic (exact) mass is 386 g/mol. The van der Waals surface area contributed by atoms with Gasteiger partial charge in [0.15, 0.2) is 23.5 Å². The Balaban J connectivity index is 1.74. The van der Waals surface area contributed by atoms with Crippen molar-refractivity contribution in [3.63, 3.8) is 0 Å². The summed E-state index contributed by atoms with van der Waals surface area (Å²) in [5.41, 5.74) is 6.10. The Morgan fingerprint density at radius 2 is 1.68 bits per heavy atom. The molecule has 2 aromatic rings. The molecular weight excluding hydrogens is 363 g/mol. The van der Waals surface area contributed by atoms with Crippen molar-refractivity contribution in [3.8, 4) is 5.75 Å². The molecule has 0 saturated heterocycles. The summed E-state index contributed by atoms with van der Waals surface area (Å²) in [4.78, 5) is 35.9. The number of aryl methyl sites for hydroxylation is 1. The van der Waals surface area contributed by atoms with Gasteiger partial charge in [-0.05, 0) is 31.0 Å². The van der Waals surface area contributed by atoms with E-state index in [4.69, 9.17) is 4.74 Å². The maximum absolute atomic E-state index is 13.5. The first-order valence-electron chi connectivity index (χ1n) is 9.02. The lowest BCUT2D eigenvalue weighted by atomic mass is 10.0. The molecule has 2 aromatic carbocycles. The highest BCUT2D eigenvalue weighted by atomic mass is 19.1. The molecule has 2 rings (SSSR count). The van der Waals surface area contributed by atoms with Crippen LogP contribution in [0.3, 0.4) is 0 Å². The minimum Gasteiger partial charge on any atom is -0.478 e. The Hall–Kier alpha value is -3.22. The predicted octanol–water partition coefficient (Wildman–Crippen LogP) is 2.97. The summed E-state index contributed by atoms with van der Waals surface area (Å²) in [6, 6.07) is 12.9. The van der Waals surface area contributed by atoms with Gasteiger partial charge in [0.25, 0.3) is 5.91 Å². The molecule has 148 valence electrons. The zero-order valence-corrected chi connectivity index (χ0v) is 15.8. The summed E-state index contributed by atoms with van der Waals surface area (Å²) in [6.07, 6.45) is -0.183. The number of carbonyl (C=O) groups excluding carboxylic acids is 3. The topological polar surface area (TPSA) is 84.5 Å². The van der Waals surface area contributed by atoms with Crippen molar-refractivity contribution in [2.75, 3.05) is 0 Å². The second kappa shape index (κ2) is 10.2. The van der Waals surface area contributed by atoms with E-state index in [1.165, 1.54) is 25.1 Å². The summed E-state index contributed by atoms with van der Waals surface area (Å²) in [5.74, 6) is -1.95. The van der Waals surface area contributed by atoms with Gasteiger partial charge in [-0.1, -0.05) is 43.3 Å². The number of nitrogens with one attached hydrogen (secondary N) is 2. The van der Waals surface area contributed by atoms with E-state index in [1.807, 2.05) is 19.1 Å². The van der Waals surface area contributed by atoms with E-state index in [-0.39, 0.29) is 24.4 Å². The van der Waals surface area contributed by atoms with E-state index in [9.17, 15) is 18.8 Å². The van der Waals surface area contributed by atoms with E-state index in [0.717, 1.165) is 12.0 Å². The molecule has 1 atom stereocenters. The number of hydrazine groups is 1. The van der Waals surface area contributed by atoms with Gasteiger partial charge in [0, 0.05) is 18.4 Å². The van der Waals surface area contributed by atoms with Crippen LogP contribution in [0.2, 0.25) is 0 Å². The van der Waals surface area contributed by atoms with Crippen LogP contribution in [0.25, 0.3) is 0 Å². The third-order valence-corrected chi connectivity index (χ3v) is 4.10. The maximum Gasteiger partial charge on any atom is 0.279 e. The molecule has 0 aliphatic rings. The van der Waals surface area contributed by atoms with Gasteiger partial charge in [-0.3, -0.25) is 25.2 Å². The number of hydrogen-bond donors (Lipinski definition) is 2. The summed E-state index contributed by atoms with van der Waals surface area (Å²) in [5, 5.41) is 0. The molecule has 0 radical (unpaired) electrons. The number of ether oxygens (including phenoxy) is 1. The van der Waals surface area contributed by atoms with Crippen LogP contribution in [0.4, 0.5) is 4.39 Å². The fraction of sp³-hybridized carbons (Fsp3) is 0.286. The van der Waals surface area contributed by atoms with Gasteiger partial charge in [0.1, 0.15) is 0 Å². The van der Waals surface area contributed by atoms with Gasteiger partial charge in [0.2, 0.25) is 5.91 Å². The first-order chi connectivity index (χ1) is 13.4. The molecule has 2 N–H and O–H groups in total. The number of benzene rings is 2. The number of halogens is 1. The van der Waals surface area contributed by atoms with Gasteiger partial charge in [-0.25, -0.2) is 4.39 Å². The van der Waals surface area contributed by atoms with Crippen molar-refractivity contribution < 1.29 is 23.5 Å². The molecule has 0 heterocycles. The number of hydrogen-bond acceptors (Lipinski definition) is 4. The molecule has 6 nitrogen and oxygen atoms in total. The maximum atomic E-state index is 13.5. The van der Waals surface area contributed by atoms with Gasteiger partial charge in [-0.2, -0.15) is 0 Å². The molecule has 0 spiro atoms. The van der Waals surface area contributed by atoms with Gasteiger partial charge >= 0.3 is 0 Å². The smallest absolute Gasteiger partial charge is 0.279 e. The zero-order chi connectivity index (χ0) is 20.5. The highest BCUT2D eigenvalue weighted by Gasteiger charge is 2.17. The highest BCUT2D eigenvalue weighted by Crippen LogP contribution is 2.16. The molecule has 0 aliphatic heterocycles. The summed E-state index contributed by atoms with van der Waals surface area (Å²) < 4.78 is 18.7.